The van der Waals surface area contributed by atoms with Crippen molar-refractivity contribution in [1.82, 2.24) is 10.2 Å². The van der Waals surface area contributed by atoms with Crippen molar-refractivity contribution >= 4 is 0 Å². The first kappa shape index (κ1) is 17.8. The van der Waals surface area contributed by atoms with E-state index in [9.17, 15) is 0 Å². The van der Waals surface area contributed by atoms with Gasteiger partial charge in [0, 0.05) is 0 Å². The zero-order valence-electron chi connectivity index (χ0n) is 11.9. The summed E-state index contributed by atoms with van der Waals surface area (Å²) in [6.45, 7) is 7.85. The Kier molecular flexibility index (Phi) is 14.7. The van der Waals surface area contributed by atoms with Crippen molar-refractivity contribution in [2.45, 2.75) is 32.1 Å². The number of hydrogen-bond acceptors (Lipinski definition) is 5. The third kappa shape index (κ3) is 12.3. The van der Waals surface area contributed by atoms with Gasteiger partial charge in [-0.15, -0.1) is 0 Å². The van der Waals surface area contributed by atoms with Crippen LogP contribution in [-0.4, -0.2) is 57.3 Å². The van der Waals surface area contributed by atoms with Crippen LogP contribution in [0.2, 0.25) is 0 Å². The van der Waals surface area contributed by atoms with Crippen LogP contribution in [0.1, 0.15) is 32.1 Å². The molecule has 5 heteroatoms. The van der Waals surface area contributed by atoms with Crippen LogP contribution in [0.25, 0.3) is 0 Å². The van der Waals surface area contributed by atoms with Crippen LogP contribution < -0.4 is 22.5 Å². The summed E-state index contributed by atoms with van der Waals surface area (Å²) >= 11 is 0. The first-order valence-electron chi connectivity index (χ1n) is 7.38. The van der Waals surface area contributed by atoms with Gasteiger partial charge in [0.1, 0.15) is 0 Å². The standard InChI is InChI=1S/C13H33N5/c14-6-3-10-17-9-1-2-11-18(12-4-7-15)13-5-8-16/h17H,1-16H2. The lowest BCUT2D eigenvalue weighted by Gasteiger charge is -2.21. The Morgan fingerprint density at radius 2 is 1.11 bits per heavy atom. The van der Waals surface area contributed by atoms with E-state index >= 15 is 0 Å². The van der Waals surface area contributed by atoms with Crippen LogP contribution in [0.4, 0.5) is 0 Å². The zero-order valence-corrected chi connectivity index (χ0v) is 11.9. The molecule has 5 nitrogen and oxygen atoms in total. The summed E-state index contributed by atoms with van der Waals surface area (Å²) < 4.78 is 0. The van der Waals surface area contributed by atoms with Crippen molar-refractivity contribution in [3.8, 4) is 0 Å². The van der Waals surface area contributed by atoms with Crippen LogP contribution in [0.15, 0.2) is 0 Å². The smallest absolute Gasteiger partial charge is 0.000671 e. The average molecular weight is 259 g/mol. The fourth-order valence-corrected chi connectivity index (χ4v) is 1.90. The van der Waals surface area contributed by atoms with Crippen molar-refractivity contribution in [2.75, 3.05) is 52.4 Å². The van der Waals surface area contributed by atoms with Crippen molar-refractivity contribution in [1.29, 1.82) is 0 Å². The Hall–Kier alpha value is -0.200. The Bertz CT molecular complexity index is 146. The topological polar surface area (TPSA) is 93.3 Å². The van der Waals surface area contributed by atoms with E-state index in [2.05, 4.69) is 10.2 Å². The molecule has 0 unspecified atom stereocenters. The Morgan fingerprint density at radius 3 is 1.67 bits per heavy atom. The summed E-state index contributed by atoms with van der Waals surface area (Å²) in [4.78, 5) is 2.49. The van der Waals surface area contributed by atoms with Crippen LogP contribution in [0, 0.1) is 0 Å². The maximum absolute atomic E-state index is 5.56. The Balaban J connectivity index is 3.43. The molecule has 110 valence electrons. The number of nitrogens with two attached hydrogens (primary N) is 3. The lowest BCUT2D eigenvalue weighted by atomic mass is 10.2. The predicted octanol–water partition coefficient (Wildman–Crippen LogP) is -0.295. The van der Waals surface area contributed by atoms with Crippen molar-refractivity contribution < 1.29 is 0 Å². The van der Waals surface area contributed by atoms with Crippen LogP contribution in [0.5, 0.6) is 0 Å². The first-order chi connectivity index (χ1) is 8.85. The zero-order chi connectivity index (χ0) is 13.5. The fourth-order valence-electron chi connectivity index (χ4n) is 1.90. The second kappa shape index (κ2) is 14.9. The number of rotatable bonds is 14. The number of nitrogens with zero attached hydrogens (tertiary/aromatic N) is 1. The van der Waals surface area contributed by atoms with E-state index < -0.39 is 0 Å². The van der Waals surface area contributed by atoms with Gasteiger partial charge in [-0.25, -0.2) is 0 Å². The highest BCUT2D eigenvalue weighted by Crippen LogP contribution is 1.98. The molecule has 0 amide bonds. The lowest BCUT2D eigenvalue weighted by Crippen LogP contribution is -2.30. The lowest BCUT2D eigenvalue weighted by molar-refractivity contribution is 0.264. The highest BCUT2D eigenvalue weighted by Gasteiger charge is 2.03. The molecule has 0 radical (unpaired) electrons. The molecule has 0 saturated heterocycles. The average Bonchev–Trinajstić information content (AvgIpc) is 2.40. The van der Waals surface area contributed by atoms with E-state index in [1.54, 1.807) is 0 Å². The van der Waals surface area contributed by atoms with E-state index in [0.717, 1.165) is 65.1 Å². The minimum absolute atomic E-state index is 0.777. The quantitative estimate of drug-likeness (QED) is 0.322. The van der Waals surface area contributed by atoms with Crippen LogP contribution in [0.3, 0.4) is 0 Å². The molecule has 0 fully saturated rings. The minimum Gasteiger partial charge on any atom is -0.330 e. The SMILES string of the molecule is NCCCNCCCCN(CCCN)CCCN. The molecule has 0 bridgehead atoms. The fraction of sp³-hybridized carbons (Fsp3) is 1.00. The summed E-state index contributed by atoms with van der Waals surface area (Å²) in [6, 6.07) is 0. The molecule has 0 atom stereocenters. The van der Waals surface area contributed by atoms with Gasteiger partial charge >= 0.3 is 0 Å². The van der Waals surface area contributed by atoms with E-state index in [0.29, 0.717) is 0 Å². The monoisotopic (exact) mass is 259 g/mol. The molecule has 0 spiro atoms. The normalized spacial score (nSPS) is 11.3. The first-order valence-corrected chi connectivity index (χ1v) is 7.38. The number of hydrogen-bond donors (Lipinski definition) is 4. The van der Waals surface area contributed by atoms with Crippen molar-refractivity contribution in [2.24, 2.45) is 17.2 Å². The van der Waals surface area contributed by atoms with Crippen molar-refractivity contribution in [3.05, 3.63) is 0 Å². The molecule has 0 aromatic heterocycles. The molecule has 0 aromatic rings. The minimum atomic E-state index is 0.777. The summed E-state index contributed by atoms with van der Waals surface area (Å²) in [7, 11) is 0. The summed E-state index contributed by atoms with van der Waals surface area (Å²) in [5, 5.41) is 3.41. The molecule has 18 heavy (non-hydrogen) atoms. The van der Waals surface area contributed by atoms with Gasteiger partial charge in [0.25, 0.3) is 0 Å². The van der Waals surface area contributed by atoms with Gasteiger partial charge < -0.3 is 27.4 Å². The number of unbranched alkanes of at least 4 members (excludes halogenated alkanes) is 1. The highest BCUT2D eigenvalue weighted by molar-refractivity contribution is 4.60. The molecule has 0 heterocycles. The molecule has 0 aliphatic heterocycles. The van der Waals surface area contributed by atoms with Gasteiger partial charge in [0.05, 0.1) is 0 Å². The van der Waals surface area contributed by atoms with Crippen molar-refractivity contribution in [3.63, 3.8) is 0 Å². The van der Waals surface area contributed by atoms with Gasteiger partial charge in [-0.2, -0.15) is 0 Å². The molecular weight excluding hydrogens is 226 g/mol. The Labute approximate surface area is 112 Å². The van der Waals surface area contributed by atoms with Gasteiger partial charge in [-0.3, -0.25) is 0 Å². The van der Waals surface area contributed by atoms with Gasteiger partial charge in [0.2, 0.25) is 0 Å². The summed E-state index contributed by atoms with van der Waals surface area (Å²) in [5.41, 5.74) is 16.5. The van der Waals surface area contributed by atoms with Gasteiger partial charge in [0.15, 0.2) is 0 Å². The third-order valence-corrected chi connectivity index (χ3v) is 2.99. The van der Waals surface area contributed by atoms with E-state index in [1.807, 2.05) is 0 Å². The maximum atomic E-state index is 5.56. The van der Waals surface area contributed by atoms with E-state index in [4.69, 9.17) is 17.2 Å². The number of nitrogens with one attached hydrogen (secondary N) is 1. The molecule has 7 N–H and O–H groups in total. The predicted molar refractivity (Wildman–Crippen MR) is 79.6 cm³/mol. The van der Waals surface area contributed by atoms with Crippen LogP contribution in [-0.2, 0) is 0 Å². The van der Waals surface area contributed by atoms with E-state index in [-0.39, 0.29) is 0 Å². The molecular formula is C13H33N5. The summed E-state index contributed by atoms with van der Waals surface area (Å²) in [6.07, 6.45) is 5.70. The molecule has 0 aromatic carbocycles. The molecule has 0 rings (SSSR count). The maximum Gasteiger partial charge on any atom is -0.000671 e. The molecule has 0 aliphatic carbocycles. The highest BCUT2D eigenvalue weighted by atomic mass is 15.1. The van der Waals surface area contributed by atoms with Gasteiger partial charge in [-0.05, 0) is 84.5 Å². The molecule has 0 aliphatic rings. The van der Waals surface area contributed by atoms with Gasteiger partial charge in [-0.1, -0.05) is 0 Å². The van der Waals surface area contributed by atoms with Crippen LogP contribution >= 0.6 is 0 Å². The molecule has 0 saturated carbocycles. The Morgan fingerprint density at radius 1 is 0.611 bits per heavy atom. The third-order valence-electron chi connectivity index (χ3n) is 2.99. The second-order valence-corrected chi connectivity index (χ2v) is 4.73. The second-order valence-electron chi connectivity index (χ2n) is 4.73. The summed E-state index contributed by atoms with van der Waals surface area (Å²) in [5.74, 6) is 0. The largest absolute Gasteiger partial charge is 0.330 e. The van der Waals surface area contributed by atoms with E-state index in [1.165, 1.54) is 19.4 Å².